The minimum absolute atomic E-state index is 0.501. The van der Waals surface area contributed by atoms with E-state index in [0.717, 1.165) is 0 Å². The maximum atomic E-state index is 10.2. The number of hydrogen-bond acceptors (Lipinski definition) is 4. The Morgan fingerprint density at radius 1 is 1.47 bits per heavy atom. The molecule has 0 aliphatic carbocycles. The number of ether oxygens (including phenoxy) is 1. The molecule has 1 aromatic heterocycles. The Kier molecular flexibility index (Phi) is 3.01. The quantitative estimate of drug-likeness (QED) is 0.778. The summed E-state index contributed by atoms with van der Waals surface area (Å²) in [5.41, 5.74) is 7.74. The zero-order valence-electron chi connectivity index (χ0n) is 9.79. The molecule has 0 aliphatic heterocycles. The van der Waals surface area contributed by atoms with E-state index in [1.807, 2.05) is 0 Å². The van der Waals surface area contributed by atoms with E-state index in [2.05, 4.69) is 5.10 Å². The maximum Gasteiger partial charge on any atom is 0.120 e. The van der Waals surface area contributed by atoms with Crippen molar-refractivity contribution in [1.82, 2.24) is 9.78 Å². The smallest absolute Gasteiger partial charge is 0.120 e. The van der Waals surface area contributed by atoms with E-state index in [1.54, 1.807) is 49.4 Å². The van der Waals surface area contributed by atoms with Gasteiger partial charge >= 0.3 is 0 Å². The molecule has 0 aliphatic rings. The monoisotopic (exact) mass is 233 g/mol. The average Bonchev–Trinajstić information content (AvgIpc) is 2.75. The molecule has 0 spiro atoms. The van der Waals surface area contributed by atoms with Crippen LogP contribution in [0.1, 0.15) is 17.2 Å². The summed E-state index contributed by atoms with van der Waals surface area (Å²) in [5.74, 6) is 0.671. The third kappa shape index (κ3) is 2.24. The first-order chi connectivity index (χ1) is 8.11. The Morgan fingerprint density at radius 2 is 2.24 bits per heavy atom. The van der Waals surface area contributed by atoms with Gasteiger partial charge in [-0.05, 0) is 6.07 Å². The van der Waals surface area contributed by atoms with Crippen LogP contribution in [0.15, 0.2) is 30.6 Å². The Hall–Kier alpha value is -2.01. The highest BCUT2D eigenvalue weighted by Crippen LogP contribution is 2.29. The van der Waals surface area contributed by atoms with Crippen LogP contribution in [0, 0.1) is 0 Å². The number of aliphatic hydroxyl groups excluding tert-OH is 1. The van der Waals surface area contributed by atoms with Crippen molar-refractivity contribution < 1.29 is 9.84 Å². The first kappa shape index (κ1) is 11.5. The molecule has 5 heteroatoms. The van der Waals surface area contributed by atoms with E-state index in [9.17, 15) is 5.11 Å². The minimum Gasteiger partial charge on any atom is -0.497 e. The Balaban J connectivity index is 2.34. The van der Waals surface area contributed by atoms with Gasteiger partial charge in [0.1, 0.15) is 11.9 Å². The van der Waals surface area contributed by atoms with Gasteiger partial charge in [-0.1, -0.05) is 6.07 Å². The fourth-order valence-corrected chi connectivity index (χ4v) is 1.69. The van der Waals surface area contributed by atoms with Crippen LogP contribution in [-0.4, -0.2) is 22.0 Å². The van der Waals surface area contributed by atoms with E-state index in [0.29, 0.717) is 22.6 Å². The Labute approximate surface area is 99.4 Å². The second kappa shape index (κ2) is 4.47. The highest BCUT2D eigenvalue weighted by atomic mass is 16.5. The van der Waals surface area contributed by atoms with E-state index >= 15 is 0 Å². The van der Waals surface area contributed by atoms with Crippen LogP contribution in [0.4, 0.5) is 5.69 Å². The van der Waals surface area contributed by atoms with Crippen molar-refractivity contribution in [1.29, 1.82) is 0 Å². The number of nitrogen functional groups attached to an aromatic ring is 1. The number of aromatic nitrogens is 2. The Morgan fingerprint density at radius 3 is 2.76 bits per heavy atom. The van der Waals surface area contributed by atoms with Crippen molar-refractivity contribution in [3.63, 3.8) is 0 Å². The molecule has 5 nitrogen and oxygen atoms in total. The largest absolute Gasteiger partial charge is 0.497 e. The van der Waals surface area contributed by atoms with Gasteiger partial charge in [0.05, 0.1) is 13.3 Å². The first-order valence-corrected chi connectivity index (χ1v) is 5.22. The highest BCUT2D eigenvalue weighted by Gasteiger charge is 2.15. The zero-order chi connectivity index (χ0) is 12.4. The molecule has 90 valence electrons. The molecule has 2 rings (SSSR count). The minimum atomic E-state index is -0.769. The van der Waals surface area contributed by atoms with Crippen molar-refractivity contribution in [2.24, 2.45) is 7.05 Å². The van der Waals surface area contributed by atoms with Crippen LogP contribution in [0.25, 0.3) is 0 Å². The lowest BCUT2D eigenvalue weighted by molar-refractivity contribution is 0.221. The van der Waals surface area contributed by atoms with Crippen molar-refractivity contribution in [2.75, 3.05) is 12.8 Å². The fourth-order valence-electron chi connectivity index (χ4n) is 1.69. The third-order valence-electron chi connectivity index (χ3n) is 2.63. The summed E-state index contributed by atoms with van der Waals surface area (Å²) in [6.45, 7) is 0. The molecule has 2 aromatic rings. The van der Waals surface area contributed by atoms with E-state index in [1.165, 1.54) is 0 Å². The van der Waals surface area contributed by atoms with Crippen LogP contribution in [0.5, 0.6) is 5.75 Å². The number of nitrogens with two attached hydrogens (primary N) is 1. The van der Waals surface area contributed by atoms with Gasteiger partial charge in [-0.15, -0.1) is 0 Å². The first-order valence-electron chi connectivity index (χ1n) is 5.22. The molecule has 0 saturated carbocycles. The molecule has 0 saturated heterocycles. The van der Waals surface area contributed by atoms with Crippen molar-refractivity contribution in [2.45, 2.75) is 6.10 Å². The van der Waals surface area contributed by atoms with Crippen LogP contribution >= 0.6 is 0 Å². The number of methoxy groups -OCH3 is 1. The van der Waals surface area contributed by atoms with Gasteiger partial charge in [-0.25, -0.2) is 0 Å². The van der Waals surface area contributed by atoms with Gasteiger partial charge in [0.2, 0.25) is 0 Å². The molecule has 1 unspecified atom stereocenters. The van der Waals surface area contributed by atoms with E-state index in [-0.39, 0.29) is 0 Å². The highest BCUT2D eigenvalue weighted by molar-refractivity contribution is 5.54. The number of anilines is 1. The molecule has 1 atom stereocenters. The molecule has 1 aromatic carbocycles. The number of rotatable bonds is 3. The summed E-state index contributed by atoms with van der Waals surface area (Å²) < 4.78 is 6.70. The fraction of sp³-hybridized carbons (Fsp3) is 0.250. The maximum absolute atomic E-state index is 10.2. The third-order valence-corrected chi connectivity index (χ3v) is 2.63. The van der Waals surface area contributed by atoms with Crippen molar-refractivity contribution in [3.05, 3.63) is 41.7 Å². The van der Waals surface area contributed by atoms with Crippen LogP contribution in [-0.2, 0) is 7.05 Å². The van der Waals surface area contributed by atoms with E-state index < -0.39 is 6.10 Å². The summed E-state index contributed by atoms with van der Waals surface area (Å²) in [7, 11) is 3.37. The number of benzene rings is 1. The molecular weight excluding hydrogens is 218 g/mol. The lowest BCUT2D eigenvalue weighted by Gasteiger charge is -2.12. The molecule has 0 fully saturated rings. The molecule has 17 heavy (non-hydrogen) atoms. The lowest BCUT2D eigenvalue weighted by atomic mass is 10.0. The molecule has 0 amide bonds. The Bertz CT molecular complexity index is 522. The molecule has 3 N–H and O–H groups in total. The topological polar surface area (TPSA) is 73.3 Å². The van der Waals surface area contributed by atoms with Crippen LogP contribution < -0.4 is 10.5 Å². The van der Waals surface area contributed by atoms with Gasteiger partial charge in [0.15, 0.2) is 0 Å². The van der Waals surface area contributed by atoms with Crippen molar-refractivity contribution in [3.8, 4) is 5.75 Å². The number of hydrogen-bond donors (Lipinski definition) is 2. The van der Waals surface area contributed by atoms with Gasteiger partial charge < -0.3 is 15.6 Å². The predicted octanol–water partition coefficient (Wildman–Crippen LogP) is 1.09. The van der Waals surface area contributed by atoms with Gasteiger partial charge in [0, 0.05) is 36.1 Å². The van der Waals surface area contributed by atoms with Gasteiger partial charge in [-0.2, -0.15) is 5.10 Å². The molecule has 0 radical (unpaired) electrons. The van der Waals surface area contributed by atoms with E-state index in [4.69, 9.17) is 10.5 Å². The van der Waals surface area contributed by atoms with Crippen LogP contribution in [0.2, 0.25) is 0 Å². The SMILES string of the molecule is COc1ccc(C(O)c2cnn(C)c2)c(N)c1. The summed E-state index contributed by atoms with van der Waals surface area (Å²) >= 11 is 0. The summed E-state index contributed by atoms with van der Waals surface area (Å²) in [5, 5.41) is 14.2. The van der Waals surface area contributed by atoms with Gasteiger partial charge in [0.25, 0.3) is 0 Å². The average molecular weight is 233 g/mol. The normalized spacial score (nSPS) is 12.4. The molecule has 1 heterocycles. The molecule has 0 bridgehead atoms. The zero-order valence-corrected chi connectivity index (χ0v) is 9.79. The van der Waals surface area contributed by atoms with Crippen LogP contribution in [0.3, 0.4) is 0 Å². The summed E-state index contributed by atoms with van der Waals surface area (Å²) in [4.78, 5) is 0. The second-order valence-corrected chi connectivity index (χ2v) is 3.84. The number of aryl methyl sites for hydroxylation is 1. The predicted molar refractivity (Wildman–Crippen MR) is 64.7 cm³/mol. The standard InChI is InChI=1S/C12H15N3O2/c1-15-7-8(6-14-15)12(16)10-4-3-9(17-2)5-11(10)13/h3-7,12,16H,13H2,1-2H3. The number of aliphatic hydroxyl groups is 1. The molecular formula is C12H15N3O2. The van der Waals surface area contributed by atoms with Crippen molar-refractivity contribution >= 4 is 5.69 Å². The second-order valence-electron chi connectivity index (χ2n) is 3.84. The summed E-state index contributed by atoms with van der Waals surface area (Å²) in [6.07, 6.45) is 2.61. The summed E-state index contributed by atoms with van der Waals surface area (Å²) in [6, 6.07) is 5.21. The van der Waals surface area contributed by atoms with Gasteiger partial charge in [-0.3, -0.25) is 4.68 Å². The number of nitrogens with zero attached hydrogens (tertiary/aromatic N) is 2. The lowest BCUT2D eigenvalue weighted by Crippen LogP contribution is -2.03.